The van der Waals surface area contributed by atoms with Crippen molar-refractivity contribution in [1.29, 1.82) is 0 Å². The first kappa shape index (κ1) is 20.4. The number of carbonyl (C=O) groups excluding carboxylic acids is 2. The minimum absolute atomic E-state index is 0.0574. The molecule has 2 amide bonds. The first-order valence-electron chi connectivity index (χ1n) is 9.41. The van der Waals surface area contributed by atoms with E-state index in [1.807, 2.05) is 6.92 Å². The number of hydrogen-bond acceptors (Lipinski definition) is 4. The number of amides is 2. The summed E-state index contributed by atoms with van der Waals surface area (Å²) in [5.74, 6) is -0.0684. The Morgan fingerprint density at radius 2 is 1.86 bits per heavy atom. The van der Waals surface area contributed by atoms with E-state index < -0.39 is 5.91 Å². The van der Waals surface area contributed by atoms with Crippen LogP contribution in [0.4, 0.5) is 5.00 Å². The molecular weight excluding hydrogens is 374 g/mol. The molecule has 0 fully saturated rings. The number of carbonyl (C=O) groups is 2. The van der Waals surface area contributed by atoms with Crippen LogP contribution in [0, 0.1) is 0 Å². The summed E-state index contributed by atoms with van der Waals surface area (Å²) >= 11 is 1.44. The van der Waals surface area contributed by atoms with Crippen LogP contribution < -0.4 is 21.1 Å². The van der Waals surface area contributed by atoms with Gasteiger partial charge in [-0.1, -0.05) is 0 Å². The second kappa shape index (κ2) is 7.22. The summed E-state index contributed by atoms with van der Waals surface area (Å²) in [6.07, 6.45) is 0.722. The molecule has 0 bridgehead atoms. The van der Waals surface area contributed by atoms with Crippen LogP contribution in [0.25, 0.3) is 0 Å². The zero-order valence-electron chi connectivity index (χ0n) is 17.0. The smallest absolute Gasteiger partial charge is 0.256 e. The number of nitrogens with two attached hydrogens (primary N) is 2. The van der Waals surface area contributed by atoms with E-state index in [0.717, 1.165) is 16.9 Å². The highest BCUT2D eigenvalue weighted by Crippen LogP contribution is 2.42. The summed E-state index contributed by atoms with van der Waals surface area (Å²) in [4.78, 5) is 26.1. The molecule has 3 rings (SSSR count). The van der Waals surface area contributed by atoms with Crippen molar-refractivity contribution in [3.05, 3.63) is 45.8 Å². The lowest BCUT2D eigenvalue weighted by atomic mass is 9.81. The number of benzene rings is 1. The highest BCUT2D eigenvalue weighted by atomic mass is 32.1. The Morgan fingerprint density at radius 3 is 2.43 bits per heavy atom. The summed E-state index contributed by atoms with van der Waals surface area (Å²) in [7, 11) is 0. The Labute approximate surface area is 169 Å². The van der Waals surface area contributed by atoms with Gasteiger partial charge in [0.2, 0.25) is 0 Å². The van der Waals surface area contributed by atoms with Crippen molar-refractivity contribution in [2.24, 2.45) is 5.73 Å². The average molecular weight is 403 g/mol. The van der Waals surface area contributed by atoms with Gasteiger partial charge < -0.3 is 21.1 Å². The van der Waals surface area contributed by atoms with Crippen molar-refractivity contribution >= 4 is 28.2 Å². The molecule has 2 heterocycles. The predicted molar refractivity (Wildman–Crippen MR) is 111 cm³/mol. The molecule has 0 spiro atoms. The maximum Gasteiger partial charge on any atom is 0.256 e. The molecule has 5 N–H and O–H groups in total. The van der Waals surface area contributed by atoms with E-state index >= 15 is 0 Å². The van der Waals surface area contributed by atoms with Gasteiger partial charge in [0.05, 0.1) is 22.6 Å². The van der Waals surface area contributed by atoms with Crippen LogP contribution in [-0.4, -0.2) is 24.0 Å². The molecule has 1 aliphatic rings. The van der Waals surface area contributed by atoms with Crippen molar-refractivity contribution in [1.82, 2.24) is 0 Å². The van der Waals surface area contributed by atoms with Crippen molar-refractivity contribution in [3.8, 4) is 5.75 Å². The Bertz CT molecular complexity index is 914. The van der Waals surface area contributed by atoms with Crippen LogP contribution in [0.5, 0.6) is 5.75 Å². The van der Waals surface area contributed by atoms with E-state index in [1.54, 1.807) is 24.3 Å². The molecule has 1 aromatic carbocycles. The fourth-order valence-corrected chi connectivity index (χ4v) is 5.39. The third kappa shape index (κ3) is 3.91. The first-order valence-corrected chi connectivity index (χ1v) is 10.2. The first-order chi connectivity index (χ1) is 13.0. The summed E-state index contributed by atoms with van der Waals surface area (Å²) in [6, 6.07) is 6.93. The van der Waals surface area contributed by atoms with Crippen molar-refractivity contribution < 1.29 is 19.6 Å². The summed E-state index contributed by atoms with van der Waals surface area (Å²) in [5, 5.41) is 5.74. The van der Waals surface area contributed by atoms with E-state index in [1.165, 1.54) is 11.3 Å². The Morgan fingerprint density at radius 1 is 1.21 bits per heavy atom. The van der Waals surface area contributed by atoms with Gasteiger partial charge in [-0.3, -0.25) is 9.59 Å². The molecule has 28 heavy (non-hydrogen) atoms. The lowest BCUT2D eigenvalue weighted by molar-refractivity contribution is -0.789. The van der Waals surface area contributed by atoms with Gasteiger partial charge >= 0.3 is 0 Å². The number of fused-ring (bicyclic) bond motifs is 1. The van der Waals surface area contributed by atoms with E-state index in [-0.39, 0.29) is 17.0 Å². The molecule has 7 heteroatoms. The molecule has 0 unspecified atom stereocenters. The van der Waals surface area contributed by atoms with Crippen molar-refractivity contribution in [2.45, 2.75) is 52.1 Å². The number of primary amides is 1. The highest BCUT2D eigenvalue weighted by molar-refractivity contribution is 7.17. The molecule has 150 valence electrons. The molecule has 0 aliphatic carbocycles. The number of rotatable bonds is 5. The Hall–Kier alpha value is -2.38. The lowest BCUT2D eigenvalue weighted by Gasteiger charge is -2.38. The molecule has 0 saturated carbocycles. The minimum atomic E-state index is -0.506. The van der Waals surface area contributed by atoms with Gasteiger partial charge in [0.15, 0.2) is 0 Å². The summed E-state index contributed by atoms with van der Waals surface area (Å²) in [5.41, 5.74) is 7.35. The van der Waals surface area contributed by atoms with Crippen LogP contribution in [-0.2, 0) is 12.0 Å². The van der Waals surface area contributed by atoms with Crippen LogP contribution in [0.15, 0.2) is 24.3 Å². The second-order valence-electron chi connectivity index (χ2n) is 8.42. The quantitative estimate of drug-likeness (QED) is 0.717. The minimum Gasteiger partial charge on any atom is -0.494 e. The van der Waals surface area contributed by atoms with E-state index in [4.69, 9.17) is 10.5 Å². The second-order valence-corrected chi connectivity index (χ2v) is 9.44. The fraction of sp³-hybridized carbons (Fsp3) is 0.429. The van der Waals surface area contributed by atoms with Crippen molar-refractivity contribution in [3.63, 3.8) is 0 Å². The highest BCUT2D eigenvalue weighted by Gasteiger charge is 2.45. The Balaban J connectivity index is 1.95. The number of ether oxygens (including phenoxy) is 1. The zero-order chi connectivity index (χ0) is 20.7. The van der Waals surface area contributed by atoms with Gasteiger partial charge in [0.1, 0.15) is 16.3 Å². The lowest BCUT2D eigenvalue weighted by Crippen LogP contribution is -3.03. The zero-order valence-corrected chi connectivity index (χ0v) is 17.8. The van der Waals surface area contributed by atoms with Gasteiger partial charge in [-0.05, 0) is 64.4 Å². The van der Waals surface area contributed by atoms with Crippen molar-refractivity contribution in [2.75, 3.05) is 11.9 Å². The number of thiophene rings is 1. The van der Waals surface area contributed by atoms with Crippen LogP contribution in [0.3, 0.4) is 0 Å². The molecule has 6 nitrogen and oxygen atoms in total. The Kier molecular flexibility index (Phi) is 5.25. The number of nitrogens with one attached hydrogen (secondary N) is 1. The van der Waals surface area contributed by atoms with E-state index in [2.05, 4.69) is 38.3 Å². The topological polar surface area (TPSA) is 98.0 Å². The molecule has 1 aromatic heterocycles. The van der Waals surface area contributed by atoms with Gasteiger partial charge in [0, 0.05) is 12.0 Å². The standard InChI is InChI=1S/C21H27N3O3S/c1-6-27-13-9-7-12(8-10-13)18(26)23-19-15(17(22)25)14-11-20(2,3)24-21(4,5)16(14)28-19/h7-10,24H,6,11H2,1-5H3,(H2,22,25)(H,23,26)/p+1. The van der Waals surface area contributed by atoms with Crippen LogP contribution in [0.2, 0.25) is 0 Å². The van der Waals surface area contributed by atoms with Crippen LogP contribution >= 0.6 is 11.3 Å². The third-order valence-corrected chi connectivity index (χ3v) is 6.36. The number of anilines is 1. The van der Waals surface area contributed by atoms with E-state index in [0.29, 0.717) is 28.5 Å². The molecule has 0 radical (unpaired) electrons. The maximum absolute atomic E-state index is 12.8. The normalized spacial score (nSPS) is 16.9. The largest absolute Gasteiger partial charge is 0.494 e. The van der Waals surface area contributed by atoms with Crippen LogP contribution in [0.1, 0.15) is 65.8 Å². The molecule has 2 aromatic rings. The summed E-state index contributed by atoms with van der Waals surface area (Å²) < 4.78 is 5.41. The van der Waals surface area contributed by atoms with E-state index in [9.17, 15) is 9.59 Å². The molecule has 1 aliphatic heterocycles. The molecule has 0 atom stereocenters. The SMILES string of the molecule is CCOc1ccc(C(=O)Nc2sc3c(c2C(N)=O)CC(C)(C)[NH2+]C3(C)C)cc1. The predicted octanol–water partition coefficient (Wildman–Crippen LogP) is 2.63. The third-order valence-electron chi connectivity index (χ3n) is 4.88. The fourth-order valence-electron chi connectivity index (χ4n) is 4.10. The number of hydrogen-bond donors (Lipinski definition) is 3. The van der Waals surface area contributed by atoms with Gasteiger partial charge in [-0.15, -0.1) is 11.3 Å². The van der Waals surface area contributed by atoms with Gasteiger partial charge in [0.25, 0.3) is 11.8 Å². The van der Waals surface area contributed by atoms with Gasteiger partial charge in [-0.2, -0.15) is 0 Å². The summed E-state index contributed by atoms with van der Waals surface area (Å²) in [6.45, 7) is 11.0. The maximum atomic E-state index is 12.8. The van der Waals surface area contributed by atoms with Gasteiger partial charge in [-0.25, -0.2) is 0 Å². The number of quaternary nitrogens is 1. The molecular formula is C21H28N3O3S+. The monoisotopic (exact) mass is 402 g/mol. The average Bonchev–Trinajstić information content (AvgIpc) is 2.92. The molecule has 0 saturated heterocycles.